The van der Waals surface area contributed by atoms with E-state index in [2.05, 4.69) is 4.74 Å². The zero-order valence-electron chi connectivity index (χ0n) is 13.3. The Morgan fingerprint density at radius 2 is 1.73 bits per heavy atom. The molecule has 0 aliphatic rings. The Balaban J connectivity index is 2.39. The summed E-state index contributed by atoms with van der Waals surface area (Å²) < 4.78 is 46.9. The van der Waals surface area contributed by atoms with E-state index in [4.69, 9.17) is 11.6 Å². The maximum absolute atomic E-state index is 13.8. The smallest absolute Gasteiger partial charge is 0.419 e. The Kier molecular flexibility index (Phi) is 4.50. The van der Waals surface area contributed by atoms with E-state index in [0.717, 1.165) is 11.5 Å². The van der Waals surface area contributed by atoms with Gasteiger partial charge in [0.2, 0.25) is 5.78 Å². The Morgan fingerprint density at radius 1 is 1.08 bits per heavy atom. The number of hydrogen-bond acceptors (Lipinski definition) is 3. The monoisotopic (exact) mass is 381 g/mol. The zero-order valence-corrected chi connectivity index (χ0v) is 14.1. The van der Waals surface area contributed by atoms with E-state index >= 15 is 0 Å². The zero-order chi connectivity index (χ0) is 19.1. The van der Waals surface area contributed by atoms with Gasteiger partial charge in [-0.3, -0.25) is 4.79 Å². The summed E-state index contributed by atoms with van der Waals surface area (Å²) in [5.41, 5.74) is -2.73. The van der Waals surface area contributed by atoms with Crippen LogP contribution < -0.4 is 0 Å². The molecule has 0 saturated heterocycles. The molecule has 0 bridgehead atoms. The topological polar surface area (TPSA) is 47.8 Å². The van der Waals surface area contributed by atoms with Gasteiger partial charge >= 0.3 is 12.1 Å². The molecule has 0 radical (unpaired) electrons. The Hall–Kier alpha value is -2.80. The van der Waals surface area contributed by atoms with Gasteiger partial charge in [0, 0.05) is 16.8 Å². The number of aromatic nitrogens is 1. The molecule has 0 fully saturated rings. The lowest BCUT2D eigenvalue weighted by molar-refractivity contribution is -0.138. The van der Waals surface area contributed by atoms with Gasteiger partial charge in [-0.2, -0.15) is 13.2 Å². The third kappa shape index (κ3) is 2.94. The number of hydrogen-bond donors (Lipinski definition) is 0. The number of esters is 1. The van der Waals surface area contributed by atoms with Crippen molar-refractivity contribution < 1.29 is 27.5 Å². The minimum absolute atomic E-state index is 0.0135. The normalized spacial score (nSPS) is 11.6. The van der Waals surface area contributed by atoms with Crippen molar-refractivity contribution in [3.63, 3.8) is 0 Å². The van der Waals surface area contributed by atoms with Gasteiger partial charge in [0.1, 0.15) is 11.3 Å². The van der Waals surface area contributed by atoms with Gasteiger partial charge in [0.05, 0.1) is 18.2 Å². The van der Waals surface area contributed by atoms with Crippen molar-refractivity contribution in [2.75, 3.05) is 7.11 Å². The summed E-state index contributed by atoms with van der Waals surface area (Å²) in [6.07, 6.45) is -3.65. The van der Waals surface area contributed by atoms with E-state index in [9.17, 15) is 22.8 Å². The summed E-state index contributed by atoms with van der Waals surface area (Å²) in [6.45, 7) is 0. The molecular formula is C18H11ClF3NO3. The summed E-state index contributed by atoms with van der Waals surface area (Å²) in [5.74, 6) is -2.05. The van der Waals surface area contributed by atoms with E-state index < -0.39 is 34.7 Å². The summed E-state index contributed by atoms with van der Waals surface area (Å²) in [4.78, 5) is 24.9. The Morgan fingerprint density at radius 3 is 2.31 bits per heavy atom. The molecule has 2 heterocycles. The number of fused-ring (bicyclic) bond motifs is 1. The number of benzene rings is 1. The van der Waals surface area contributed by atoms with Gasteiger partial charge in [-0.1, -0.05) is 17.7 Å². The quantitative estimate of drug-likeness (QED) is 0.491. The number of ketones is 1. The Labute approximate surface area is 150 Å². The lowest BCUT2D eigenvalue weighted by Gasteiger charge is -2.10. The second-order valence-electron chi connectivity index (χ2n) is 5.38. The van der Waals surface area contributed by atoms with Crippen molar-refractivity contribution in [2.24, 2.45) is 0 Å². The molecule has 0 N–H and O–H groups in total. The Bertz CT molecular complexity index is 1010. The van der Waals surface area contributed by atoms with Gasteiger partial charge < -0.3 is 9.14 Å². The number of alkyl halides is 3. The van der Waals surface area contributed by atoms with Crippen LogP contribution in [0.1, 0.15) is 32.0 Å². The first-order valence-electron chi connectivity index (χ1n) is 7.34. The number of methoxy groups -OCH3 is 1. The molecule has 3 aromatic rings. The number of pyridine rings is 1. The van der Waals surface area contributed by atoms with Crippen molar-refractivity contribution in [3.05, 3.63) is 76.1 Å². The largest absolute Gasteiger partial charge is 0.465 e. The van der Waals surface area contributed by atoms with Gasteiger partial charge in [0.15, 0.2) is 0 Å². The van der Waals surface area contributed by atoms with Gasteiger partial charge in [0.25, 0.3) is 0 Å². The molecule has 26 heavy (non-hydrogen) atoms. The van der Waals surface area contributed by atoms with Crippen LogP contribution in [0.25, 0.3) is 5.52 Å². The minimum atomic E-state index is -4.94. The van der Waals surface area contributed by atoms with Crippen LogP contribution in [-0.4, -0.2) is 23.3 Å². The van der Waals surface area contributed by atoms with Crippen LogP contribution in [0.3, 0.4) is 0 Å². The summed E-state index contributed by atoms with van der Waals surface area (Å²) in [7, 11) is 0.982. The highest BCUT2D eigenvalue weighted by Crippen LogP contribution is 2.39. The van der Waals surface area contributed by atoms with Crippen LogP contribution in [0.2, 0.25) is 5.02 Å². The highest BCUT2D eigenvalue weighted by molar-refractivity contribution is 6.30. The third-order valence-electron chi connectivity index (χ3n) is 3.84. The molecule has 0 atom stereocenters. The van der Waals surface area contributed by atoms with Crippen LogP contribution in [0, 0.1) is 0 Å². The lowest BCUT2D eigenvalue weighted by atomic mass is 10.0. The number of rotatable bonds is 3. The van der Waals surface area contributed by atoms with Gasteiger partial charge in [-0.25, -0.2) is 4.79 Å². The molecule has 2 aromatic heterocycles. The van der Waals surface area contributed by atoms with Gasteiger partial charge in [-0.05, 0) is 36.4 Å². The molecule has 8 heteroatoms. The molecule has 0 amide bonds. The van der Waals surface area contributed by atoms with Crippen LogP contribution >= 0.6 is 11.6 Å². The molecule has 0 spiro atoms. The van der Waals surface area contributed by atoms with Crippen LogP contribution in [-0.2, 0) is 10.9 Å². The second kappa shape index (κ2) is 6.49. The highest BCUT2D eigenvalue weighted by atomic mass is 35.5. The fourth-order valence-corrected chi connectivity index (χ4v) is 2.88. The van der Waals surface area contributed by atoms with Crippen molar-refractivity contribution in [3.8, 4) is 0 Å². The number of halogens is 4. The van der Waals surface area contributed by atoms with E-state index in [1.165, 1.54) is 48.7 Å². The number of carbonyl (C=O) groups excluding carboxylic acids is 2. The molecule has 1 aromatic carbocycles. The van der Waals surface area contributed by atoms with E-state index in [1.807, 2.05) is 0 Å². The number of ether oxygens (including phenoxy) is 1. The molecule has 0 aliphatic heterocycles. The second-order valence-corrected chi connectivity index (χ2v) is 5.82. The highest BCUT2D eigenvalue weighted by Gasteiger charge is 2.43. The van der Waals surface area contributed by atoms with Gasteiger partial charge in [-0.15, -0.1) is 0 Å². The van der Waals surface area contributed by atoms with Crippen molar-refractivity contribution >= 4 is 28.9 Å². The molecule has 0 saturated carbocycles. The van der Waals surface area contributed by atoms with Crippen LogP contribution in [0.4, 0.5) is 13.2 Å². The first kappa shape index (κ1) is 18.0. The van der Waals surface area contributed by atoms with E-state index in [0.29, 0.717) is 5.02 Å². The molecule has 4 nitrogen and oxygen atoms in total. The standard InChI is InChI=1S/C18H11ClF3NO3/c1-26-17(25)13-12-4-2-3-9-23(12)15(14(13)18(20,21)22)16(24)10-5-7-11(19)8-6-10/h2-9H,1H3. The molecule has 0 unspecified atom stereocenters. The minimum Gasteiger partial charge on any atom is -0.465 e. The first-order chi connectivity index (χ1) is 12.3. The average molecular weight is 382 g/mol. The van der Waals surface area contributed by atoms with E-state index in [-0.39, 0.29) is 11.1 Å². The molecule has 3 rings (SSSR count). The lowest BCUT2D eigenvalue weighted by Crippen LogP contribution is -2.17. The van der Waals surface area contributed by atoms with Crippen molar-refractivity contribution in [1.29, 1.82) is 0 Å². The molecular weight excluding hydrogens is 371 g/mol. The first-order valence-corrected chi connectivity index (χ1v) is 7.72. The molecule has 0 aliphatic carbocycles. The maximum Gasteiger partial charge on any atom is 0.419 e. The average Bonchev–Trinajstić information content (AvgIpc) is 2.96. The SMILES string of the molecule is COC(=O)c1c(C(F)(F)F)c(C(=O)c2ccc(Cl)cc2)n2ccccc12. The summed E-state index contributed by atoms with van der Waals surface area (Å²) in [5, 5.41) is 0.341. The number of nitrogens with zero attached hydrogens (tertiary/aromatic N) is 1. The summed E-state index contributed by atoms with van der Waals surface area (Å²) in [6, 6.07) is 9.71. The summed E-state index contributed by atoms with van der Waals surface area (Å²) >= 11 is 5.77. The van der Waals surface area contributed by atoms with Crippen LogP contribution in [0.15, 0.2) is 48.7 Å². The predicted octanol–water partition coefficient (Wildman–Crippen LogP) is 4.63. The maximum atomic E-state index is 13.8. The van der Waals surface area contributed by atoms with E-state index in [1.54, 1.807) is 0 Å². The number of carbonyl (C=O) groups is 2. The van der Waals surface area contributed by atoms with Crippen molar-refractivity contribution in [1.82, 2.24) is 4.40 Å². The fourth-order valence-electron chi connectivity index (χ4n) is 2.75. The molecule has 134 valence electrons. The van der Waals surface area contributed by atoms with Crippen molar-refractivity contribution in [2.45, 2.75) is 6.18 Å². The van der Waals surface area contributed by atoms with Crippen LogP contribution in [0.5, 0.6) is 0 Å². The third-order valence-corrected chi connectivity index (χ3v) is 4.09. The predicted molar refractivity (Wildman–Crippen MR) is 88.6 cm³/mol. The fraction of sp³-hybridized carbons (Fsp3) is 0.111.